The van der Waals surface area contributed by atoms with Crippen molar-refractivity contribution in [2.24, 2.45) is 0 Å². The first-order valence-electron chi connectivity index (χ1n) is 0. The number of hydrogen-bond donors (Lipinski definition) is 0. The van der Waals surface area contributed by atoms with Crippen LogP contribution in [0.1, 0.15) is 0 Å². The summed E-state index contributed by atoms with van der Waals surface area (Å²) in [5, 5.41) is 0. The molecule has 0 atom stereocenters. The summed E-state index contributed by atoms with van der Waals surface area (Å²) in [6, 6.07) is 0. The first-order valence-corrected chi connectivity index (χ1v) is 0. The van der Waals surface area contributed by atoms with E-state index in [1.54, 1.807) is 0 Å². The summed E-state index contributed by atoms with van der Waals surface area (Å²) >= 11 is 0. The summed E-state index contributed by atoms with van der Waals surface area (Å²) in [4.78, 5) is 0. The van der Waals surface area contributed by atoms with E-state index in [2.05, 4.69) is 0 Å². The molecule has 0 aromatic rings. The summed E-state index contributed by atoms with van der Waals surface area (Å²) in [5.74, 6) is 0. The van der Waals surface area contributed by atoms with E-state index in [4.69, 9.17) is 0 Å². The molecule has 0 aromatic heterocycles. The van der Waals surface area contributed by atoms with Gasteiger partial charge in [0.05, 0.1) is 0 Å². The van der Waals surface area contributed by atoms with Gasteiger partial charge in [0.1, 0.15) is 0 Å². The Labute approximate surface area is 62.5 Å². The fourth-order valence-electron chi connectivity index (χ4n) is 0. The fraction of sp³-hybridized carbons (Fsp3) is 0. The number of rotatable bonds is 0. The van der Waals surface area contributed by atoms with Crippen LogP contribution in [0.25, 0.3) is 0 Å². The van der Waals surface area contributed by atoms with Gasteiger partial charge in [0, 0.05) is 38.5 Å². The van der Waals surface area contributed by atoms with Crippen LogP contribution in [0.3, 0.4) is 0 Å². The molecule has 0 fully saturated rings. The number of hydrogen-bond acceptors (Lipinski definition) is 0. The van der Waals surface area contributed by atoms with Crippen LogP contribution in [0.15, 0.2) is 0 Å². The predicted octanol–water partition coefficient (Wildman–Crippen LogP) is -1.48. The van der Waals surface area contributed by atoms with E-state index in [0.717, 1.165) is 0 Å². The van der Waals surface area contributed by atoms with Crippen LogP contribution in [-0.4, -0.2) is 24.3 Å². The Morgan fingerprint density at radius 3 is 1.00 bits per heavy atom. The first-order chi connectivity index (χ1) is 0. The first kappa shape index (κ1) is 41.7. The quantitative estimate of drug-likeness (QED) is 0.361. The van der Waals surface area contributed by atoms with Crippen LogP contribution in [0.4, 0.5) is 0 Å². The minimum atomic E-state index is 0. The summed E-state index contributed by atoms with van der Waals surface area (Å²) < 4.78 is 0. The summed E-state index contributed by atoms with van der Waals surface area (Å²) in [6.45, 7) is 0. The molecule has 0 rings (SSSR count). The third-order valence-electron chi connectivity index (χ3n) is 0. The molecule has 0 spiro atoms. The largest absolute Gasteiger partial charge is 0 e. The van der Waals surface area contributed by atoms with Crippen molar-refractivity contribution in [3.05, 3.63) is 0 Å². The monoisotopic (exact) mass is 133 g/mol. The zero-order valence-electron chi connectivity index (χ0n) is 1.33. The molecule has 0 aromatic carbocycles. The van der Waals surface area contributed by atoms with Gasteiger partial charge >= 0.3 is 18.9 Å². The average molecular weight is 133 g/mol. The van der Waals surface area contributed by atoms with Crippen molar-refractivity contribution in [3.8, 4) is 0 Å². The van der Waals surface area contributed by atoms with Crippen molar-refractivity contribution in [1.29, 1.82) is 0 Å². The van der Waals surface area contributed by atoms with Gasteiger partial charge < -0.3 is 5.48 Å². The zero-order chi connectivity index (χ0) is 0. The molecule has 23 valence electrons. The molecular formula is H3CoLiOTi. The van der Waals surface area contributed by atoms with Gasteiger partial charge in [-0.2, -0.15) is 0 Å². The molecule has 1 nitrogen and oxygen atoms in total. The smallest absolute Gasteiger partial charge is 0 e. The van der Waals surface area contributed by atoms with E-state index in [9.17, 15) is 0 Å². The maximum Gasteiger partial charge on any atom is 0 e. The topological polar surface area (TPSA) is 31.5 Å². The van der Waals surface area contributed by atoms with E-state index in [-0.39, 0.29) is 62.8 Å². The van der Waals surface area contributed by atoms with Gasteiger partial charge in [0.15, 0.2) is 0 Å². The fourth-order valence-corrected chi connectivity index (χ4v) is 0. The van der Waals surface area contributed by atoms with E-state index in [0.29, 0.717) is 0 Å². The Balaban J connectivity index is 0. The van der Waals surface area contributed by atoms with E-state index < -0.39 is 0 Å². The molecule has 0 saturated heterocycles. The van der Waals surface area contributed by atoms with Crippen LogP contribution in [0.2, 0.25) is 0 Å². The Kier molecular flexibility index (Phi) is 225. The van der Waals surface area contributed by atoms with Crippen LogP contribution >= 0.6 is 0 Å². The second-order valence-electron chi connectivity index (χ2n) is 0. The van der Waals surface area contributed by atoms with Crippen LogP contribution in [0.5, 0.6) is 0 Å². The van der Waals surface area contributed by atoms with E-state index >= 15 is 0 Å². The third kappa shape index (κ3) is 9.22. The van der Waals surface area contributed by atoms with Crippen molar-refractivity contribution in [3.63, 3.8) is 0 Å². The van der Waals surface area contributed by atoms with E-state index in [1.165, 1.54) is 0 Å². The predicted molar refractivity (Wildman–Crippen MR) is 10.8 cm³/mol. The van der Waals surface area contributed by atoms with Crippen molar-refractivity contribution < 1.29 is 44.0 Å². The summed E-state index contributed by atoms with van der Waals surface area (Å²) in [5.41, 5.74) is 0. The second-order valence-corrected chi connectivity index (χ2v) is 0. The molecule has 1 radical (unpaired) electrons. The van der Waals surface area contributed by atoms with Gasteiger partial charge in [0.2, 0.25) is 0 Å². The molecule has 0 saturated carbocycles. The standard InChI is InChI=1S/Co.Li.H2O.Ti.H/h;;1H2;;. The van der Waals surface area contributed by atoms with Crippen LogP contribution < -0.4 is 0 Å². The minimum Gasteiger partial charge on any atom is 0 e. The van der Waals surface area contributed by atoms with Crippen LogP contribution in [-0.2, 0) is 38.5 Å². The van der Waals surface area contributed by atoms with Gasteiger partial charge in [0.25, 0.3) is 0 Å². The molecule has 0 heterocycles. The maximum atomic E-state index is 0. The van der Waals surface area contributed by atoms with Gasteiger partial charge in [-0.3, -0.25) is 0 Å². The van der Waals surface area contributed by atoms with Gasteiger partial charge in [-0.15, -0.1) is 0 Å². The molecule has 2 N–H and O–H groups in total. The van der Waals surface area contributed by atoms with Gasteiger partial charge in [-0.1, -0.05) is 0 Å². The Morgan fingerprint density at radius 1 is 1.00 bits per heavy atom. The van der Waals surface area contributed by atoms with Crippen molar-refractivity contribution in [2.75, 3.05) is 0 Å². The summed E-state index contributed by atoms with van der Waals surface area (Å²) in [7, 11) is 0. The Morgan fingerprint density at radius 2 is 1.00 bits per heavy atom. The Hall–Kier alpha value is 1.78. The van der Waals surface area contributed by atoms with Gasteiger partial charge in [-0.05, 0) is 0 Å². The normalized spacial score (nSPS) is 0. The molecule has 0 bridgehead atoms. The van der Waals surface area contributed by atoms with Gasteiger partial charge in [-0.25, -0.2) is 0 Å². The van der Waals surface area contributed by atoms with Crippen molar-refractivity contribution >= 4 is 18.9 Å². The molecule has 0 aliphatic rings. The molecule has 4 heavy (non-hydrogen) atoms. The molecule has 0 aliphatic heterocycles. The van der Waals surface area contributed by atoms with Crippen LogP contribution in [0, 0.1) is 0 Å². The zero-order valence-corrected chi connectivity index (χ0v) is 3.94. The van der Waals surface area contributed by atoms with Crippen molar-refractivity contribution in [1.82, 2.24) is 0 Å². The SMILES string of the molecule is O.[Co].[LiH].[Ti]. The summed E-state index contributed by atoms with van der Waals surface area (Å²) in [6.07, 6.45) is 0. The molecule has 0 aliphatic carbocycles. The third-order valence-corrected chi connectivity index (χ3v) is 0. The molecular weight excluding hydrogens is 130 g/mol. The minimum absolute atomic E-state index is 0. The van der Waals surface area contributed by atoms with E-state index in [1.807, 2.05) is 0 Å². The molecule has 0 unspecified atom stereocenters. The second kappa shape index (κ2) is 21.6. The molecule has 0 amide bonds. The maximum absolute atomic E-state index is 0. The Bertz CT molecular complexity index is 8.00. The molecule has 4 heteroatoms. The average Bonchev–Trinajstić information content (AvgIpc) is 0. The van der Waals surface area contributed by atoms with Crippen molar-refractivity contribution in [2.45, 2.75) is 0 Å².